The number of ether oxygens (including phenoxy) is 1. The number of hydrogen-bond donors (Lipinski definition) is 0. The second-order valence-corrected chi connectivity index (χ2v) is 2.74. The summed E-state index contributed by atoms with van der Waals surface area (Å²) in [4.78, 5) is 15.0. The average Bonchev–Trinajstić information content (AvgIpc) is 2.36. The van der Waals surface area contributed by atoms with Gasteiger partial charge in [-0.1, -0.05) is 0 Å². The number of amidine groups is 1. The zero-order valence-electron chi connectivity index (χ0n) is 6.41. The third-order valence-corrected chi connectivity index (χ3v) is 1.84. The van der Waals surface area contributed by atoms with Gasteiger partial charge in [-0.3, -0.25) is 4.99 Å². The minimum Gasteiger partial charge on any atom is -0.460 e. The lowest BCUT2D eigenvalue weighted by Crippen LogP contribution is -2.27. The highest BCUT2D eigenvalue weighted by Crippen LogP contribution is 2.08. The number of carbonyl (C=O) groups is 1. The van der Waals surface area contributed by atoms with Crippen LogP contribution < -0.4 is 0 Å². The molecule has 0 amide bonds. The largest absolute Gasteiger partial charge is 0.460 e. The predicted octanol–water partition coefficient (Wildman–Crippen LogP) is 0.0537. The molecule has 0 aromatic heterocycles. The Bertz CT molecular complexity index is 193. The van der Waals surface area contributed by atoms with E-state index in [1.807, 2.05) is 0 Å². The van der Waals surface area contributed by atoms with Crippen molar-refractivity contribution in [2.75, 3.05) is 19.7 Å². The lowest BCUT2D eigenvalue weighted by molar-refractivity contribution is -0.135. The Morgan fingerprint density at radius 1 is 1.91 bits per heavy atom. The first-order valence-electron chi connectivity index (χ1n) is 3.49. The summed E-state index contributed by atoms with van der Waals surface area (Å²) in [5, 5.41) is 0. The van der Waals surface area contributed by atoms with E-state index in [2.05, 4.69) is 14.4 Å². The average molecular weight is 174 g/mol. The van der Waals surface area contributed by atoms with E-state index in [0.29, 0.717) is 19.0 Å². The third-order valence-electron chi connectivity index (χ3n) is 1.33. The van der Waals surface area contributed by atoms with Crippen molar-refractivity contribution in [3.63, 3.8) is 0 Å². The number of hydrogen-bond acceptors (Lipinski definition) is 4. The Labute approximate surface area is 67.9 Å². The minimum atomic E-state index is -0.333. The fourth-order valence-electron chi connectivity index (χ4n) is 0.838. The summed E-state index contributed by atoms with van der Waals surface area (Å²) in [5.74, 6) is 0.0804. The third kappa shape index (κ3) is 1.90. The molecule has 4 nitrogen and oxygen atoms in total. The van der Waals surface area contributed by atoms with Crippen LogP contribution >= 0.6 is 9.39 Å². The minimum absolute atomic E-state index is 0.333. The Kier molecular flexibility index (Phi) is 2.83. The summed E-state index contributed by atoms with van der Waals surface area (Å²) in [7, 11) is 2.43. The van der Waals surface area contributed by atoms with Crippen molar-refractivity contribution in [2.45, 2.75) is 6.92 Å². The van der Waals surface area contributed by atoms with Crippen LogP contribution in [0.5, 0.6) is 0 Å². The van der Waals surface area contributed by atoms with Crippen LogP contribution in [0.2, 0.25) is 0 Å². The van der Waals surface area contributed by atoms with E-state index in [9.17, 15) is 4.79 Å². The number of nitrogens with zero attached hydrogens (tertiary/aromatic N) is 2. The molecule has 0 saturated heterocycles. The molecular weight excluding hydrogens is 163 g/mol. The van der Waals surface area contributed by atoms with Crippen LogP contribution in [0.15, 0.2) is 4.99 Å². The highest BCUT2D eigenvalue weighted by atomic mass is 31.0. The Morgan fingerprint density at radius 3 is 3.09 bits per heavy atom. The van der Waals surface area contributed by atoms with Crippen LogP contribution in [0.1, 0.15) is 6.92 Å². The van der Waals surface area contributed by atoms with Crippen LogP contribution in [0, 0.1) is 0 Å². The van der Waals surface area contributed by atoms with E-state index in [1.54, 1.807) is 11.6 Å². The van der Waals surface area contributed by atoms with Gasteiger partial charge >= 0.3 is 5.97 Å². The molecule has 1 heterocycles. The van der Waals surface area contributed by atoms with Crippen LogP contribution in [-0.4, -0.2) is 36.2 Å². The molecule has 1 unspecified atom stereocenters. The standard InChI is InChI=1S/C6H11N2O2P/c1-2-10-6(9)5-7-3-4-8(5)11/h2-4,11H2,1H3. The molecule has 0 fully saturated rings. The number of esters is 1. The summed E-state index contributed by atoms with van der Waals surface area (Å²) >= 11 is 0. The fourth-order valence-corrected chi connectivity index (χ4v) is 1.14. The van der Waals surface area contributed by atoms with E-state index < -0.39 is 0 Å². The summed E-state index contributed by atoms with van der Waals surface area (Å²) in [5.41, 5.74) is 0. The van der Waals surface area contributed by atoms with Crippen molar-refractivity contribution in [3.8, 4) is 0 Å². The Morgan fingerprint density at radius 2 is 2.64 bits per heavy atom. The SMILES string of the molecule is CCOC(=O)C1=NCCN1P. The van der Waals surface area contributed by atoms with Gasteiger partial charge in [0.2, 0.25) is 5.84 Å². The number of carbonyl (C=O) groups excluding carboxylic acids is 1. The second kappa shape index (κ2) is 3.67. The van der Waals surface area contributed by atoms with Gasteiger partial charge < -0.3 is 9.41 Å². The van der Waals surface area contributed by atoms with E-state index in [4.69, 9.17) is 4.74 Å². The molecule has 1 atom stereocenters. The summed E-state index contributed by atoms with van der Waals surface area (Å²) in [6.45, 7) is 3.63. The van der Waals surface area contributed by atoms with Gasteiger partial charge in [0.25, 0.3) is 0 Å². The van der Waals surface area contributed by atoms with Crippen molar-refractivity contribution >= 4 is 21.2 Å². The molecule has 0 aliphatic carbocycles. The topological polar surface area (TPSA) is 41.9 Å². The zero-order valence-corrected chi connectivity index (χ0v) is 7.56. The molecular formula is C6H11N2O2P. The van der Waals surface area contributed by atoms with Crippen LogP contribution in [0.3, 0.4) is 0 Å². The summed E-state index contributed by atoms with van der Waals surface area (Å²) < 4.78 is 6.49. The van der Waals surface area contributed by atoms with E-state index in [-0.39, 0.29) is 5.97 Å². The van der Waals surface area contributed by atoms with Gasteiger partial charge in [0, 0.05) is 6.54 Å². The van der Waals surface area contributed by atoms with Crippen molar-refractivity contribution in [1.82, 2.24) is 4.67 Å². The highest BCUT2D eigenvalue weighted by Gasteiger charge is 2.21. The van der Waals surface area contributed by atoms with Crippen LogP contribution in [0.4, 0.5) is 0 Å². The molecule has 11 heavy (non-hydrogen) atoms. The van der Waals surface area contributed by atoms with Gasteiger partial charge in [-0.25, -0.2) is 4.79 Å². The van der Waals surface area contributed by atoms with Crippen molar-refractivity contribution in [2.24, 2.45) is 4.99 Å². The van der Waals surface area contributed by atoms with Crippen molar-refractivity contribution < 1.29 is 9.53 Å². The van der Waals surface area contributed by atoms with E-state index in [1.165, 1.54) is 0 Å². The van der Waals surface area contributed by atoms with Crippen LogP contribution in [-0.2, 0) is 9.53 Å². The monoisotopic (exact) mass is 174 g/mol. The molecule has 0 aromatic rings. The van der Waals surface area contributed by atoms with Crippen molar-refractivity contribution in [3.05, 3.63) is 0 Å². The maximum Gasteiger partial charge on any atom is 0.374 e. The van der Waals surface area contributed by atoms with Crippen LogP contribution in [0.25, 0.3) is 0 Å². The quantitative estimate of drug-likeness (QED) is 0.439. The zero-order chi connectivity index (χ0) is 8.27. The fraction of sp³-hybridized carbons (Fsp3) is 0.667. The smallest absolute Gasteiger partial charge is 0.374 e. The molecule has 0 radical (unpaired) electrons. The molecule has 0 spiro atoms. The van der Waals surface area contributed by atoms with Crippen molar-refractivity contribution in [1.29, 1.82) is 0 Å². The second-order valence-electron chi connectivity index (χ2n) is 2.12. The van der Waals surface area contributed by atoms with E-state index >= 15 is 0 Å². The van der Waals surface area contributed by atoms with Gasteiger partial charge in [0.15, 0.2) is 0 Å². The molecule has 1 rings (SSSR count). The van der Waals surface area contributed by atoms with Gasteiger partial charge in [0.1, 0.15) is 0 Å². The maximum atomic E-state index is 11.0. The lowest BCUT2D eigenvalue weighted by Gasteiger charge is -2.10. The molecule has 5 heteroatoms. The molecule has 1 aliphatic heterocycles. The van der Waals surface area contributed by atoms with Gasteiger partial charge in [-0.2, -0.15) is 0 Å². The Balaban J connectivity index is 2.52. The molecule has 1 aliphatic rings. The van der Waals surface area contributed by atoms with Gasteiger partial charge in [0.05, 0.1) is 13.2 Å². The van der Waals surface area contributed by atoms with Gasteiger partial charge in [-0.05, 0) is 16.3 Å². The molecule has 0 aromatic carbocycles. The first kappa shape index (κ1) is 8.47. The van der Waals surface area contributed by atoms with Gasteiger partial charge in [-0.15, -0.1) is 0 Å². The normalized spacial score (nSPS) is 16.5. The maximum absolute atomic E-state index is 11.0. The molecule has 62 valence electrons. The summed E-state index contributed by atoms with van der Waals surface area (Å²) in [6.07, 6.45) is 0. The predicted molar refractivity (Wildman–Crippen MR) is 45.4 cm³/mol. The Hall–Kier alpha value is -0.630. The number of rotatable bonds is 2. The molecule has 0 saturated carbocycles. The number of aliphatic imine (C=N–C) groups is 1. The first-order valence-corrected chi connectivity index (χ1v) is 4.01. The molecule has 0 bridgehead atoms. The van der Waals surface area contributed by atoms with E-state index in [0.717, 1.165) is 6.54 Å². The summed E-state index contributed by atoms with van der Waals surface area (Å²) in [6, 6.07) is 0. The lowest BCUT2D eigenvalue weighted by atomic mass is 10.6. The molecule has 0 N–H and O–H groups in total. The first-order chi connectivity index (χ1) is 5.25. The highest BCUT2D eigenvalue weighted by molar-refractivity contribution is 7.15.